The first-order valence-corrected chi connectivity index (χ1v) is 19.6. The van der Waals surface area contributed by atoms with Crippen LogP contribution in [0.2, 0.25) is 0 Å². The Kier molecular flexibility index (Phi) is 12.9. The summed E-state index contributed by atoms with van der Waals surface area (Å²) in [6.07, 6.45) is 1.30. The van der Waals surface area contributed by atoms with Crippen molar-refractivity contribution in [1.29, 1.82) is 0 Å². The van der Waals surface area contributed by atoms with E-state index in [1.54, 1.807) is 48.7 Å². The summed E-state index contributed by atoms with van der Waals surface area (Å²) in [7, 11) is -4.76. The number of fused-ring (bicyclic) bond motifs is 1. The normalized spacial score (nSPS) is 20.8. The largest absolute Gasteiger partial charge is 0.497 e. The number of nitrogens with zero attached hydrogens (tertiary/aromatic N) is 2. The lowest BCUT2D eigenvalue weighted by Crippen LogP contribution is -2.48. The van der Waals surface area contributed by atoms with E-state index in [0.29, 0.717) is 25.2 Å². The van der Waals surface area contributed by atoms with Crippen LogP contribution in [0.15, 0.2) is 69.1 Å². The van der Waals surface area contributed by atoms with Crippen LogP contribution in [0.5, 0.6) is 11.5 Å². The van der Waals surface area contributed by atoms with Gasteiger partial charge in [0.2, 0.25) is 0 Å². The first kappa shape index (κ1) is 37.6. The van der Waals surface area contributed by atoms with Gasteiger partial charge in [-0.3, -0.25) is 9.52 Å². The zero-order valence-electron chi connectivity index (χ0n) is 27.9. The van der Waals surface area contributed by atoms with E-state index in [0.717, 1.165) is 17.8 Å². The topological polar surface area (TPSA) is 152 Å². The molecule has 2 heterocycles. The minimum Gasteiger partial charge on any atom is -0.497 e. The van der Waals surface area contributed by atoms with Crippen molar-refractivity contribution in [3.05, 3.63) is 65.5 Å². The Balaban J connectivity index is 1.67. The van der Waals surface area contributed by atoms with Crippen LogP contribution >= 0.6 is 11.3 Å². The molecule has 3 aromatic rings. The number of likely N-dealkylation sites (N-methyl/N-ethyl adjacent to an activating group) is 1. The maximum atomic E-state index is 14.4. The van der Waals surface area contributed by atoms with E-state index in [-0.39, 0.29) is 57.8 Å². The van der Waals surface area contributed by atoms with Gasteiger partial charge in [-0.05, 0) is 87.0 Å². The van der Waals surface area contributed by atoms with Crippen molar-refractivity contribution in [1.82, 2.24) is 9.21 Å². The Hall–Kier alpha value is -3.21. The number of aliphatic hydroxyl groups excluding tert-OH is 1. The van der Waals surface area contributed by atoms with Crippen LogP contribution in [-0.2, 0) is 24.8 Å². The third-order valence-electron chi connectivity index (χ3n) is 8.27. The predicted octanol–water partition coefficient (Wildman–Crippen LogP) is 4.67. The molecule has 1 aromatic heterocycles. The molecule has 12 nitrogen and oxygen atoms in total. The number of aliphatic hydroxyl groups is 1. The highest BCUT2D eigenvalue weighted by atomic mass is 32.2. The molecule has 1 amide bonds. The molecule has 1 aliphatic heterocycles. The SMILES string of the molecule is COc1ccc(S(=O)(=O)Nc2ccc3c(c2)C(=O)N([C@@H](C)CO)C[C@@H](C)[C@H](CN(C)S(=O)(=O)c2cccs2)OCCCC[C@H](C)O3)cc1. The zero-order valence-corrected chi connectivity index (χ0v) is 30.3. The van der Waals surface area contributed by atoms with Crippen LogP contribution in [0.3, 0.4) is 0 Å². The molecule has 0 spiro atoms. The molecule has 0 unspecified atom stereocenters. The quantitative estimate of drug-likeness (QED) is 0.304. The predicted molar refractivity (Wildman–Crippen MR) is 185 cm³/mol. The highest BCUT2D eigenvalue weighted by Gasteiger charge is 2.33. The van der Waals surface area contributed by atoms with Gasteiger partial charge in [0.1, 0.15) is 15.7 Å². The number of nitrogens with one attached hydrogen (secondary N) is 1. The number of sulfonamides is 2. The number of anilines is 1. The van der Waals surface area contributed by atoms with E-state index in [4.69, 9.17) is 14.2 Å². The number of hydrogen-bond donors (Lipinski definition) is 2. The lowest BCUT2D eigenvalue weighted by molar-refractivity contribution is -0.00832. The zero-order chi connectivity index (χ0) is 35.1. The van der Waals surface area contributed by atoms with Gasteiger partial charge in [-0.15, -0.1) is 11.3 Å². The number of carbonyl (C=O) groups excluding carboxylic acids is 1. The molecule has 0 saturated heterocycles. The van der Waals surface area contributed by atoms with Crippen LogP contribution in [0.1, 0.15) is 50.4 Å². The lowest BCUT2D eigenvalue weighted by atomic mass is 10.0. The smallest absolute Gasteiger partial charge is 0.261 e. The van der Waals surface area contributed by atoms with Gasteiger partial charge in [-0.2, -0.15) is 4.31 Å². The molecule has 2 N–H and O–H groups in total. The molecule has 0 bridgehead atoms. The number of thiophene rings is 1. The summed E-state index contributed by atoms with van der Waals surface area (Å²) in [4.78, 5) is 15.9. The summed E-state index contributed by atoms with van der Waals surface area (Å²) in [6, 6.07) is 13.1. The van der Waals surface area contributed by atoms with E-state index < -0.39 is 38.1 Å². The van der Waals surface area contributed by atoms with Crippen molar-refractivity contribution in [2.75, 3.05) is 45.2 Å². The van der Waals surface area contributed by atoms with Gasteiger partial charge < -0.3 is 24.2 Å². The molecule has 0 aliphatic carbocycles. The van der Waals surface area contributed by atoms with E-state index in [1.807, 2.05) is 13.8 Å². The number of methoxy groups -OCH3 is 1. The second kappa shape index (κ2) is 16.5. The Labute approximate surface area is 287 Å². The lowest BCUT2D eigenvalue weighted by Gasteiger charge is -2.35. The first-order valence-electron chi connectivity index (χ1n) is 15.8. The molecule has 2 aromatic carbocycles. The average molecular weight is 724 g/mol. The van der Waals surface area contributed by atoms with Crippen LogP contribution < -0.4 is 14.2 Å². The van der Waals surface area contributed by atoms with Gasteiger partial charge in [-0.25, -0.2) is 16.8 Å². The van der Waals surface area contributed by atoms with Crippen molar-refractivity contribution < 1.29 is 40.9 Å². The van der Waals surface area contributed by atoms with Gasteiger partial charge in [0.05, 0.1) is 42.4 Å². The fourth-order valence-corrected chi connectivity index (χ4v) is 8.77. The van der Waals surface area contributed by atoms with Crippen LogP contribution in [-0.4, -0.2) is 95.8 Å². The highest BCUT2D eigenvalue weighted by molar-refractivity contribution is 7.92. The molecular weight excluding hydrogens is 679 g/mol. The van der Waals surface area contributed by atoms with Crippen LogP contribution in [0.25, 0.3) is 0 Å². The van der Waals surface area contributed by atoms with Crippen LogP contribution in [0, 0.1) is 5.92 Å². The van der Waals surface area contributed by atoms with E-state index in [9.17, 15) is 26.7 Å². The molecule has 4 atom stereocenters. The number of ether oxygens (including phenoxy) is 3. The second-order valence-corrected chi connectivity index (χ2v) is 16.9. The van der Waals surface area contributed by atoms with Crippen molar-refractivity contribution in [2.45, 2.75) is 67.4 Å². The number of rotatable bonds is 10. The van der Waals surface area contributed by atoms with E-state index in [2.05, 4.69) is 4.72 Å². The Morgan fingerprint density at radius 3 is 2.48 bits per heavy atom. The third kappa shape index (κ3) is 9.27. The van der Waals surface area contributed by atoms with Crippen molar-refractivity contribution in [3.63, 3.8) is 0 Å². The molecule has 48 heavy (non-hydrogen) atoms. The number of carbonyl (C=O) groups is 1. The maximum Gasteiger partial charge on any atom is 0.261 e. The van der Waals surface area contributed by atoms with E-state index >= 15 is 0 Å². The van der Waals surface area contributed by atoms with E-state index in [1.165, 1.54) is 41.6 Å². The van der Waals surface area contributed by atoms with Crippen molar-refractivity contribution in [3.8, 4) is 11.5 Å². The van der Waals surface area contributed by atoms with Gasteiger partial charge in [0.15, 0.2) is 0 Å². The van der Waals surface area contributed by atoms with Gasteiger partial charge in [-0.1, -0.05) is 13.0 Å². The number of amides is 1. The first-order chi connectivity index (χ1) is 22.8. The average Bonchev–Trinajstić information content (AvgIpc) is 3.62. The summed E-state index contributed by atoms with van der Waals surface area (Å²) in [5.74, 6) is -0.0411. The minimum atomic E-state index is -4.01. The fourth-order valence-electron chi connectivity index (χ4n) is 5.33. The standard InChI is InChI=1S/C33H45N3O9S3/c1-23-20-36(24(2)22-37)33(38)29-19-26(34-47(39,40)28-14-12-27(43-5)13-15-28)11-16-30(29)45-25(3)9-6-7-17-44-31(23)21-35(4)48(41,42)32-10-8-18-46-32/h8,10-16,18-19,23-25,31,34,37H,6-7,9,17,20-22H2,1-5H3/t23-,24+,25+,31+/m1/s1. The Bertz CT molecular complexity index is 1720. The molecule has 264 valence electrons. The molecular formula is C33H45N3O9S3. The van der Waals surface area contributed by atoms with Gasteiger partial charge in [0.25, 0.3) is 26.0 Å². The number of benzene rings is 2. The summed E-state index contributed by atoms with van der Waals surface area (Å²) in [5.41, 5.74) is 0.276. The van der Waals surface area contributed by atoms with Crippen LogP contribution in [0.4, 0.5) is 5.69 Å². The molecule has 0 fully saturated rings. The summed E-state index contributed by atoms with van der Waals surface area (Å²) in [5, 5.41) is 11.9. The summed E-state index contributed by atoms with van der Waals surface area (Å²) in [6.45, 7) is 5.71. The third-order valence-corrected chi connectivity index (χ3v) is 12.9. The van der Waals surface area contributed by atoms with Gasteiger partial charge in [0, 0.05) is 38.3 Å². The summed E-state index contributed by atoms with van der Waals surface area (Å²) < 4.78 is 74.7. The minimum absolute atomic E-state index is 0.0149. The Morgan fingerprint density at radius 1 is 1.10 bits per heavy atom. The molecule has 1 aliphatic rings. The monoisotopic (exact) mass is 723 g/mol. The van der Waals surface area contributed by atoms with Crippen molar-refractivity contribution in [2.24, 2.45) is 5.92 Å². The van der Waals surface area contributed by atoms with Crippen molar-refractivity contribution >= 4 is 43.0 Å². The Morgan fingerprint density at radius 2 is 1.83 bits per heavy atom. The molecule has 0 radical (unpaired) electrons. The molecule has 4 rings (SSSR count). The van der Waals surface area contributed by atoms with Gasteiger partial charge >= 0.3 is 0 Å². The maximum absolute atomic E-state index is 14.4. The number of hydrogen-bond acceptors (Lipinski definition) is 10. The fraction of sp³-hybridized carbons (Fsp3) is 0.485. The molecule has 15 heteroatoms. The molecule has 0 saturated carbocycles. The highest BCUT2D eigenvalue weighted by Crippen LogP contribution is 2.30. The second-order valence-electron chi connectivity index (χ2n) is 12.0. The summed E-state index contributed by atoms with van der Waals surface area (Å²) >= 11 is 1.14.